The van der Waals surface area contributed by atoms with E-state index in [1.807, 2.05) is 6.92 Å². The van der Waals surface area contributed by atoms with Crippen LogP contribution in [-0.4, -0.2) is 19.0 Å². The first-order valence-corrected chi connectivity index (χ1v) is 6.34. The number of hydrogen-bond acceptors (Lipinski definition) is 2. The van der Waals surface area contributed by atoms with Crippen molar-refractivity contribution in [1.82, 2.24) is 0 Å². The van der Waals surface area contributed by atoms with Crippen molar-refractivity contribution in [2.75, 3.05) is 13.2 Å². The maximum Gasteiger partial charge on any atom is 0.136 e. The molecule has 2 nitrogen and oxygen atoms in total. The topological polar surface area (TPSA) is 26.3 Å². The standard InChI is InChI=1S/C13H24O2/c1-3-15-10-4-5-13(14)12-8-6-11(2)7-9-12/h11-12H,3-10H2,1-2H3. The van der Waals surface area contributed by atoms with Crippen LogP contribution in [-0.2, 0) is 9.53 Å². The molecule has 0 heterocycles. The zero-order valence-corrected chi connectivity index (χ0v) is 10.1. The van der Waals surface area contributed by atoms with Gasteiger partial charge < -0.3 is 4.74 Å². The molecule has 0 aliphatic heterocycles. The van der Waals surface area contributed by atoms with E-state index in [9.17, 15) is 4.79 Å². The predicted octanol–water partition coefficient (Wildman–Crippen LogP) is 3.20. The average Bonchev–Trinajstić information content (AvgIpc) is 2.25. The van der Waals surface area contributed by atoms with Crippen LogP contribution in [0.1, 0.15) is 52.4 Å². The normalized spacial score (nSPS) is 26.5. The second kappa shape index (κ2) is 7.00. The third-order valence-electron chi connectivity index (χ3n) is 3.39. The molecule has 0 spiro atoms. The molecule has 15 heavy (non-hydrogen) atoms. The maximum atomic E-state index is 11.8. The van der Waals surface area contributed by atoms with Gasteiger partial charge in [-0.25, -0.2) is 0 Å². The van der Waals surface area contributed by atoms with Gasteiger partial charge in [0.25, 0.3) is 0 Å². The van der Waals surface area contributed by atoms with Gasteiger partial charge in [0.05, 0.1) is 0 Å². The fourth-order valence-corrected chi connectivity index (χ4v) is 2.28. The van der Waals surface area contributed by atoms with Gasteiger partial charge in [-0.1, -0.05) is 19.8 Å². The smallest absolute Gasteiger partial charge is 0.136 e. The Morgan fingerprint density at radius 3 is 2.53 bits per heavy atom. The summed E-state index contributed by atoms with van der Waals surface area (Å²) in [6.45, 7) is 5.78. The molecule has 0 saturated heterocycles. The van der Waals surface area contributed by atoms with E-state index < -0.39 is 0 Å². The SMILES string of the molecule is CCOCCCC(=O)C1CCC(C)CC1. The largest absolute Gasteiger partial charge is 0.382 e. The van der Waals surface area contributed by atoms with E-state index in [2.05, 4.69) is 6.92 Å². The second-order valence-corrected chi connectivity index (χ2v) is 4.72. The number of hydrogen-bond donors (Lipinski definition) is 0. The summed E-state index contributed by atoms with van der Waals surface area (Å²) >= 11 is 0. The van der Waals surface area contributed by atoms with Gasteiger partial charge in [-0.15, -0.1) is 0 Å². The first-order chi connectivity index (χ1) is 7.24. The van der Waals surface area contributed by atoms with Gasteiger partial charge in [0.2, 0.25) is 0 Å². The molecular weight excluding hydrogens is 188 g/mol. The minimum atomic E-state index is 0.364. The molecule has 0 atom stereocenters. The molecule has 0 unspecified atom stereocenters. The van der Waals surface area contributed by atoms with Crippen LogP contribution in [0.3, 0.4) is 0 Å². The van der Waals surface area contributed by atoms with Gasteiger partial charge in [0.15, 0.2) is 0 Å². The molecule has 0 aromatic carbocycles. The van der Waals surface area contributed by atoms with Gasteiger partial charge in [0.1, 0.15) is 5.78 Å². The minimum Gasteiger partial charge on any atom is -0.382 e. The van der Waals surface area contributed by atoms with Gasteiger partial charge >= 0.3 is 0 Å². The Labute approximate surface area is 93.4 Å². The Morgan fingerprint density at radius 1 is 1.27 bits per heavy atom. The van der Waals surface area contributed by atoms with Crippen LogP contribution in [0, 0.1) is 11.8 Å². The Morgan fingerprint density at radius 2 is 1.93 bits per heavy atom. The third kappa shape index (κ3) is 4.78. The number of ketones is 1. The molecule has 2 heteroatoms. The van der Waals surface area contributed by atoms with Crippen molar-refractivity contribution in [2.45, 2.75) is 52.4 Å². The molecule has 0 radical (unpaired) electrons. The first-order valence-electron chi connectivity index (χ1n) is 6.34. The van der Waals surface area contributed by atoms with Crippen LogP contribution in [0.2, 0.25) is 0 Å². The van der Waals surface area contributed by atoms with E-state index in [0.29, 0.717) is 11.7 Å². The maximum absolute atomic E-state index is 11.8. The number of ether oxygens (including phenoxy) is 1. The van der Waals surface area contributed by atoms with Gasteiger partial charge in [-0.3, -0.25) is 4.79 Å². The molecule has 0 aromatic rings. The summed E-state index contributed by atoms with van der Waals surface area (Å²) in [6.07, 6.45) is 6.34. The van der Waals surface area contributed by atoms with E-state index in [-0.39, 0.29) is 0 Å². The molecule has 0 bridgehead atoms. The minimum absolute atomic E-state index is 0.364. The van der Waals surface area contributed by atoms with Crippen molar-refractivity contribution in [3.8, 4) is 0 Å². The molecular formula is C13H24O2. The highest BCUT2D eigenvalue weighted by Crippen LogP contribution is 2.29. The molecule has 1 aliphatic rings. The van der Waals surface area contributed by atoms with E-state index >= 15 is 0 Å². The highest BCUT2D eigenvalue weighted by atomic mass is 16.5. The molecule has 1 saturated carbocycles. The van der Waals surface area contributed by atoms with Crippen LogP contribution < -0.4 is 0 Å². The van der Waals surface area contributed by atoms with Crippen LogP contribution >= 0.6 is 0 Å². The van der Waals surface area contributed by atoms with Crippen molar-refractivity contribution in [3.63, 3.8) is 0 Å². The first kappa shape index (κ1) is 12.7. The van der Waals surface area contributed by atoms with E-state index in [1.165, 1.54) is 12.8 Å². The summed E-state index contributed by atoms with van der Waals surface area (Å²) in [4.78, 5) is 11.8. The lowest BCUT2D eigenvalue weighted by Crippen LogP contribution is -2.21. The Kier molecular flexibility index (Phi) is 5.92. The van der Waals surface area contributed by atoms with Crippen molar-refractivity contribution in [3.05, 3.63) is 0 Å². The van der Waals surface area contributed by atoms with E-state index in [4.69, 9.17) is 4.74 Å². The lowest BCUT2D eigenvalue weighted by atomic mass is 9.80. The lowest BCUT2D eigenvalue weighted by Gasteiger charge is -2.24. The lowest BCUT2D eigenvalue weighted by molar-refractivity contribution is -0.124. The number of carbonyl (C=O) groups excluding carboxylic acids is 1. The van der Waals surface area contributed by atoms with Crippen LogP contribution in [0.15, 0.2) is 0 Å². The van der Waals surface area contributed by atoms with Crippen molar-refractivity contribution in [2.24, 2.45) is 11.8 Å². The number of rotatable bonds is 6. The highest BCUT2D eigenvalue weighted by molar-refractivity contribution is 5.81. The summed E-state index contributed by atoms with van der Waals surface area (Å²) in [6, 6.07) is 0. The summed E-state index contributed by atoms with van der Waals surface area (Å²) in [5.74, 6) is 1.67. The number of Topliss-reactive ketones (excluding diaryl/α,β-unsaturated/α-hetero) is 1. The van der Waals surface area contributed by atoms with Crippen molar-refractivity contribution < 1.29 is 9.53 Å². The zero-order valence-electron chi connectivity index (χ0n) is 10.1. The average molecular weight is 212 g/mol. The summed E-state index contributed by atoms with van der Waals surface area (Å²) < 4.78 is 5.24. The quantitative estimate of drug-likeness (QED) is 0.632. The summed E-state index contributed by atoms with van der Waals surface area (Å²) in [5.41, 5.74) is 0. The Hall–Kier alpha value is -0.370. The molecule has 0 amide bonds. The Bertz CT molecular complexity index is 181. The molecule has 88 valence electrons. The zero-order chi connectivity index (χ0) is 11.1. The molecule has 0 N–H and O–H groups in total. The van der Waals surface area contributed by atoms with Gasteiger partial charge in [-0.05, 0) is 32.1 Å². The summed E-state index contributed by atoms with van der Waals surface area (Å²) in [5, 5.41) is 0. The molecule has 1 aliphatic carbocycles. The molecule has 1 rings (SSSR count). The fourth-order valence-electron chi connectivity index (χ4n) is 2.28. The fraction of sp³-hybridized carbons (Fsp3) is 0.923. The van der Waals surface area contributed by atoms with Crippen LogP contribution in [0.25, 0.3) is 0 Å². The van der Waals surface area contributed by atoms with Gasteiger partial charge in [-0.2, -0.15) is 0 Å². The summed E-state index contributed by atoms with van der Waals surface area (Å²) in [7, 11) is 0. The second-order valence-electron chi connectivity index (χ2n) is 4.72. The monoisotopic (exact) mass is 212 g/mol. The van der Waals surface area contributed by atoms with Crippen LogP contribution in [0.4, 0.5) is 0 Å². The van der Waals surface area contributed by atoms with Crippen LogP contribution in [0.5, 0.6) is 0 Å². The van der Waals surface area contributed by atoms with E-state index in [0.717, 1.165) is 44.8 Å². The predicted molar refractivity (Wildman–Crippen MR) is 61.9 cm³/mol. The third-order valence-corrected chi connectivity index (χ3v) is 3.39. The Balaban J connectivity index is 2.11. The highest BCUT2D eigenvalue weighted by Gasteiger charge is 2.23. The van der Waals surface area contributed by atoms with Crippen molar-refractivity contribution in [1.29, 1.82) is 0 Å². The van der Waals surface area contributed by atoms with E-state index in [1.54, 1.807) is 0 Å². The molecule has 0 aromatic heterocycles. The number of carbonyl (C=O) groups is 1. The van der Waals surface area contributed by atoms with Crippen molar-refractivity contribution >= 4 is 5.78 Å². The van der Waals surface area contributed by atoms with Gasteiger partial charge in [0, 0.05) is 25.6 Å². The molecule has 1 fully saturated rings.